The Morgan fingerprint density at radius 2 is 2.24 bits per heavy atom. The molecule has 0 atom stereocenters. The van der Waals surface area contributed by atoms with Gasteiger partial charge in [0, 0.05) is 0 Å². The van der Waals surface area contributed by atoms with E-state index in [0.717, 1.165) is 0 Å². The molecule has 1 aromatic carbocycles. The van der Waals surface area contributed by atoms with Crippen molar-refractivity contribution in [1.29, 1.82) is 0 Å². The molecule has 6 heteroatoms. The lowest BCUT2D eigenvalue weighted by atomic mass is 10.2. The van der Waals surface area contributed by atoms with Crippen molar-refractivity contribution in [2.45, 2.75) is 6.92 Å². The van der Waals surface area contributed by atoms with Crippen LogP contribution in [0, 0.1) is 6.92 Å². The summed E-state index contributed by atoms with van der Waals surface area (Å²) < 4.78 is 6.90. The van der Waals surface area contributed by atoms with Gasteiger partial charge < -0.3 is 9.84 Å². The summed E-state index contributed by atoms with van der Waals surface area (Å²) in [6, 6.07) is 4.65. The van der Waals surface area contributed by atoms with Gasteiger partial charge in [0.25, 0.3) is 0 Å². The third-order valence-electron chi connectivity index (χ3n) is 2.40. The van der Waals surface area contributed by atoms with Crippen LogP contribution in [0.4, 0.5) is 0 Å². The molecule has 1 heterocycles. The monoisotopic (exact) mass is 233 g/mol. The van der Waals surface area contributed by atoms with E-state index in [1.807, 2.05) is 0 Å². The second-order valence-corrected chi connectivity index (χ2v) is 3.44. The van der Waals surface area contributed by atoms with Gasteiger partial charge in [-0.2, -0.15) is 0 Å². The lowest BCUT2D eigenvalue weighted by Crippen LogP contribution is -2.02. The molecule has 1 aromatic heterocycles. The minimum atomic E-state index is -0.990. The highest BCUT2D eigenvalue weighted by Gasteiger charge is 2.11. The molecule has 6 nitrogen and oxygen atoms in total. The molecule has 0 fully saturated rings. The molecule has 1 N–H and O–H groups in total. The summed E-state index contributed by atoms with van der Waals surface area (Å²) in [6.45, 7) is 1.80. The third kappa shape index (κ3) is 1.96. The fraction of sp³-hybridized carbons (Fsp3) is 0.182. The molecule has 2 aromatic rings. The number of aryl methyl sites for hydroxylation is 1. The van der Waals surface area contributed by atoms with Crippen LogP contribution in [0.5, 0.6) is 5.75 Å². The smallest absolute Gasteiger partial charge is 0.335 e. The first kappa shape index (κ1) is 11.1. The molecule has 0 saturated carbocycles. The van der Waals surface area contributed by atoms with Crippen molar-refractivity contribution >= 4 is 5.97 Å². The van der Waals surface area contributed by atoms with Gasteiger partial charge in [0.05, 0.1) is 18.4 Å². The number of carboxylic acids is 1. The lowest BCUT2D eigenvalue weighted by Gasteiger charge is -2.10. The van der Waals surface area contributed by atoms with E-state index in [0.29, 0.717) is 17.3 Å². The number of hydrogen-bond acceptors (Lipinski definition) is 4. The van der Waals surface area contributed by atoms with Crippen LogP contribution in [0.1, 0.15) is 16.2 Å². The van der Waals surface area contributed by atoms with Crippen LogP contribution in [-0.2, 0) is 0 Å². The largest absolute Gasteiger partial charge is 0.495 e. The fourth-order valence-electron chi connectivity index (χ4n) is 1.54. The Labute approximate surface area is 97.5 Å². The highest BCUT2D eigenvalue weighted by Crippen LogP contribution is 2.24. The zero-order chi connectivity index (χ0) is 12.4. The van der Waals surface area contributed by atoms with E-state index in [2.05, 4.69) is 10.2 Å². The zero-order valence-corrected chi connectivity index (χ0v) is 9.41. The van der Waals surface area contributed by atoms with E-state index in [4.69, 9.17) is 9.84 Å². The summed E-state index contributed by atoms with van der Waals surface area (Å²) in [4.78, 5) is 10.8. The highest BCUT2D eigenvalue weighted by molar-refractivity contribution is 5.88. The molecular formula is C11H11N3O3. The molecule has 0 bridgehead atoms. The van der Waals surface area contributed by atoms with Crippen LogP contribution in [0.25, 0.3) is 5.69 Å². The van der Waals surface area contributed by atoms with E-state index in [9.17, 15) is 4.79 Å². The van der Waals surface area contributed by atoms with E-state index in [-0.39, 0.29) is 5.56 Å². The number of hydrogen-bond donors (Lipinski definition) is 1. The normalized spacial score (nSPS) is 10.2. The van der Waals surface area contributed by atoms with Crippen LogP contribution < -0.4 is 4.74 Å². The van der Waals surface area contributed by atoms with Gasteiger partial charge in [0.15, 0.2) is 0 Å². The molecule has 0 unspecified atom stereocenters. The van der Waals surface area contributed by atoms with Crippen molar-refractivity contribution < 1.29 is 14.6 Å². The Hall–Kier alpha value is -2.37. The standard InChI is InChI=1S/C11H11N3O3/c1-7-13-12-6-14(7)9-4-3-8(11(15)16)5-10(9)17-2/h3-6H,1-2H3,(H,15,16). The van der Waals surface area contributed by atoms with Gasteiger partial charge in [-0.15, -0.1) is 10.2 Å². The first-order valence-corrected chi connectivity index (χ1v) is 4.92. The van der Waals surface area contributed by atoms with E-state index >= 15 is 0 Å². The Bertz CT molecular complexity index is 563. The van der Waals surface area contributed by atoms with Crippen molar-refractivity contribution in [3.63, 3.8) is 0 Å². The molecule has 17 heavy (non-hydrogen) atoms. The number of carbonyl (C=O) groups is 1. The van der Waals surface area contributed by atoms with E-state index in [1.54, 1.807) is 23.9 Å². The number of methoxy groups -OCH3 is 1. The predicted molar refractivity (Wildman–Crippen MR) is 59.6 cm³/mol. The number of carboxylic acid groups (broad SMARTS) is 1. The van der Waals surface area contributed by atoms with Crippen LogP contribution in [0.2, 0.25) is 0 Å². The molecule has 0 aliphatic heterocycles. The number of aromatic carboxylic acids is 1. The van der Waals surface area contributed by atoms with Gasteiger partial charge in [-0.05, 0) is 25.1 Å². The number of rotatable bonds is 3. The second kappa shape index (κ2) is 4.25. The zero-order valence-electron chi connectivity index (χ0n) is 9.41. The second-order valence-electron chi connectivity index (χ2n) is 3.44. The number of ether oxygens (including phenoxy) is 1. The summed E-state index contributed by atoms with van der Waals surface area (Å²) >= 11 is 0. The van der Waals surface area contributed by atoms with E-state index in [1.165, 1.54) is 19.2 Å². The van der Waals surface area contributed by atoms with Crippen molar-refractivity contribution in [1.82, 2.24) is 14.8 Å². The predicted octanol–water partition coefficient (Wildman–Crippen LogP) is 1.28. The average molecular weight is 233 g/mol. The molecule has 0 spiro atoms. The first-order valence-electron chi connectivity index (χ1n) is 4.92. The summed E-state index contributed by atoms with van der Waals surface area (Å²) in [5, 5.41) is 16.5. The van der Waals surface area contributed by atoms with Crippen molar-refractivity contribution in [3.8, 4) is 11.4 Å². The third-order valence-corrected chi connectivity index (χ3v) is 2.40. The molecule has 0 aliphatic rings. The number of nitrogens with zero attached hydrogens (tertiary/aromatic N) is 3. The van der Waals surface area contributed by atoms with Gasteiger partial charge in [-0.3, -0.25) is 4.57 Å². The van der Waals surface area contributed by atoms with Gasteiger partial charge in [0.2, 0.25) is 0 Å². The average Bonchev–Trinajstić information content (AvgIpc) is 2.74. The van der Waals surface area contributed by atoms with Gasteiger partial charge in [0.1, 0.15) is 17.9 Å². The lowest BCUT2D eigenvalue weighted by molar-refractivity contribution is 0.0696. The minimum absolute atomic E-state index is 0.177. The summed E-state index contributed by atoms with van der Waals surface area (Å²) in [7, 11) is 1.49. The van der Waals surface area contributed by atoms with Crippen LogP contribution in [-0.4, -0.2) is 33.0 Å². The number of benzene rings is 1. The maximum absolute atomic E-state index is 10.8. The maximum atomic E-state index is 10.8. The highest BCUT2D eigenvalue weighted by atomic mass is 16.5. The molecule has 88 valence electrons. The van der Waals surface area contributed by atoms with Gasteiger partial charge in [-0.25, -0.2) is 4.79 Å². The minimum Gasteiger partial charge on any atom is -0.495 e. The van der Waals surface area contributed by atoms with Crippen LogP contribution in [0.3, 0.4) is 0 Å². The van der Waals surface area contributed by atoms with Gasteiger partial charge >= 0.3 is 5.97 Å². The Balaban J connectivity index is 2.56. The Kier molecular flexibility index (Phi) is 2.78. The molecule has 2 rings (SSSR count). The first-order chi connectivity index (χ1) is 8.13. The topological polar surface area (TPSA) is 77.2 Å². The van der Waals surface area contributed by atoms with Crippen molar-refractivity contribution in [3.05, 3.63) is 35.9 Å². The molecule has 0 aliphatic carbocycles. The number of aromatic nitrogens is 3. The molecule has 0 amide bonds. The molecule has 0 radical (unpaired) electrons. The van der Waals surface area contributed by atoms with Crippen molar-refractivity contribution in [2.24, 2.45) is 0 Å². The fourth-order valence-corrected chi connectivity index (χ4v) is 1.54. The van der Waals surface area contributed by atoms with Crippen LogP contribution >= 0.6 is 0 Å². The maximum Gasteiger partial charge on any atom is 0.335 e. The molecular weight excluding hydrogens is 222 g/mol. The SMILES string of the molecule is COc1cc(C(=O)O)ccc1-n1cnnc1C. The van der Waals surface area contributed by atoms with Crippen LogP contribution in [0.15, 0.2) is 24.5 Å². The quantitative estimate of drug-likeness (QED) is 0.864. The summed E-state index contributed by atoms with van der Waals surface area (Å²) in [6.07, 6.45) is 1.55. The summed E-state index contributed by atoms with van der Waals surface area (Å²) in [5.74, 6) is 0.175. The van der Waals surface area contributed by atoms with Crippen molar-refractivity contribution in [2.75, 3.05) is 7.11 Å². The molecule has 0 saturated heterocycles. The Morgan fingerprint density at radius 3 is 2.76 bits per heavy atom. The van der Waals surface area contributed by atoms with E-state index < -0.39 is 5.97 Å². The Morgan fingerprint density at radius 1 is 1.47 bits per heavy atom. The summed E-state index contributed by atoms with van der Waals surface area (Å²) in [5.41, 5.74) is 0.885. The van der Waals surface area contributed by atoms with Gasteiger partial charge in [-0.1, -0.05) is 0 Å².